The summed E-state index contributed by atoms with van der Waals surface area (Å²) < 4.78 is 10.5. The van der Waals surface area contributed by atoms with E-state index in [1.165, 1.54) is 11.3 Å². The lowest BCUT2D eigenvalue weighted by Crippen LogP contribution is -2.28. The average Bonchev–Trinajstić information content (AvgIpc) is 3.15. The number of ether oxygens (including phenoxy) is 2. The summed E-state index contributed by atoms with van der Waals surface area (Å²) in [6.07, 6.45) is 3.44. The first-order valence-electron chi connectivity index (χ1n) is 7.81. The molecule has 0 aliphatic rings. The molecule has 0 bridgehead atoms. The summed E-state index contributed by atoms with van der Waals surface area (Å²) in [5, 5.41) is 7.92. The molecule has 0 spiro atoms. The van der Waals surface area contributed by atoms with Gasteiger partial charge in [-0.1, -0.05) is 0 Å². The first-order chi connectivity index (χ1) is 12.7. The van der Waals surface area contributed by atoms with Crippen molar-refractivity contribution in [2.45, 2.75) is 6.54 Å². The van der Waals surface area contributed by atoms with E-state index in [1.807, 2.05) is 29.6 Å². The number of benzene rings is 1. The lowest BCUT2D eigenvalue weighted by molar-refractivity contribution is 0.251. The lowest BCUT2D eigenvalue weighted by atomic mass is 10.2. The quantitative estimate of drug-likeness (QED) is 0.693. The second-order valence-corrected chi connectivity index (χ2v) is 6.12. The number of hydrogen-bond donors (Lipinski definition) is 2. The summed E-state index contributed by atoms with van der Waals surface area (Å²) in [6.45, 7) is 0.319. The third-order valence-corrected chi connectivity index (χ3v) is 4.37. The number of nitrogens with zero attached hydrogens (tertiary/aromatic N) is 2. The second-order valence-electron chi connectivity index (χ2n) is 5.27. The number of anilines is 1. The zero-order valence-corrected chi connectivity index (χ0v) is 15.2. The first kappa shape index (κ1) is 17.7. The van der Waals surface area contributed by atoms with Gasteiger partial charge in [-0.25, -0.2) is 9.78 Å². The molecule has 1 aromatic carbocycles. The van der Waals surface area contributed by atoms with E-state index >= 15 is 0 Å². The van der Waals surface area contributed by atoms with Crippen LogP contribution < -0.4 is 20.1 Å². The predicted octanol–water partition coefficient (Wildman–Crippen LogP) is 3.54. The van der Waals surface area contributed by atoms with Crippen LogP contribution in [0.25, 0.3) is 11.3 Å². The van der Waals surface area contributed by atoms with Crippen molar-refractivity contribution in [3.8, 4) is 22.8 Å². The van der Waals surface area contributed by atoms with E-state index in [4.69, 9.17) is 9.47 Å². The van der Waals surface area contributed by atoms with Crippen LogP contribution in [0.2, 0.25) is 0 Å². The lowest BCUT2D eigenvalue weighted by Gasteiger charge is -2.11. The van der Waals surface area contributed by atoms with Crippen LogP contribution in [0, 0.1) is 0 Å². The molecule has 0 unspecified atom stereocenters. The highest BCUT2D eigenvalue weighted by atomic mass is 32.1. The molecule has 3 rings (SSSR count). The third kappa shape index (κ3) is 4.28. The summed E-state index contributed by atoms with van der Waals surface area (Å²) in [4.78, 5) is 20.6. The molecule has 0 saturated carbocycles. The zero-order valence-electron chi connectivity index (χ0n) is 14.4. The predicted molar refractivity (Wildman–Crippen MR) is 101 cm³/mol. The number of hydrogen-bond acceptors (Lipinski definition) is 6. The molecule has 3 aromatic rings. The van der Waals surface area contributed by atoms with E-state index in [0.29, 0.717) is 23.2 Å². The minimum absolute atomic E-state index is 0.319. The number of methoxy groups -OCH3 is 2. The molecule has 2 amide bonds. The van der Waals surface area contributed by atoms with Gasteiger partial charge in [-0.2, -0.15) is 0 Å². The van der Waals surface area contributed by atoms with Gasteiger partial charge in [0.2, 0.25) is 0 Å². The first-order valence-corrected chi connectivity index (χ1v) is 8.69. The molecule has 7 nitrogen and oxygen atoms in total. The van der Waals surface area contributed by atoms with Gasteiger partial charge >= 0.3 is 6.03 Å². The summed E-state index contributed by atoms with van der Waals surface area (Å²) in [6, 6.07) is 8.87. The maximum atomic E-state index is 12.1. The number of nitrogens with one attached hydrogen (secondary N) is 2. The smallest absolute Gasteiger partial charge is 0.321 e. The maximum absolute atomic E-state index is 12.1. The molecule has 0 saturated heterocycles. The molecule has 26 heavy (non-hydrogen) atoms. The minimum atomic E-state index is -0.338. The van der Waals surface area contributed by atoms with Crippen LogP contribution in [0.4, 0.5) is 9.93 Å². The number of aromatic nitrogens is 2. The van der Waals surface area contributed by atoms with E-state index in [2.05, 4.69) is 20.6 Å². The topological polar surface area (TPSA) is 85.4 Å². The fraction of sp³-hybridized carbons (Fsp3) is 0.167. The number of rotatable bonds is 6. The van der Waals surface area contributed by atoms with Gasteiger partial charge in [0.1, 0.15) is 11.5 Å². The standard InChI is InChI=1S/C18H18N4O3S/c1-24-14-6-5-13(16(8-14)25-2)10-20-17(23)22-18-21-15(11-26-18)12-4-3-7-19-9-12/h3-9,11H,10H2,1-2H3,(H2,20,21,22,23). The van der Waals surface area contributed by atoms with Gasteiger partial charge in [0, 0.05) is 41.5 Å². The Labute approximate surface area is 155 Å². The second kappa shape index (κ2) is 8.30. The molecule has 0 atom stereocenters. The number of urea groups is 1. The molecule has 0 fully saturated rings. The third-order valence-electron chi connectivity index (χ3n) is 3.62. The SMILES string of the molecule is COc1ccc(CNC(=O)Nc2nc(-c3cccnc3)cs2)c(OC)c1. The van der Waals surface area contributed by atoms with E-state index in [0.717, 1.165) is 16.8 Å². The Bertz CT molecular complexity index is 883. The van der Waals surface area contributed by atoms with Crippen LogP contribution >= 0.6 is 11.3 Å². The number of thiazole rings is 1. The van der Waals surface area contributed by atoms with Crippen molar-refractivity contribution < 1.29 is 14.3 Å². The highest BCUT2D eigenvalue weighted by Gasteiger charge is 2.10. The summed E-state index contributed by atoms with van der Waals surface area (Å²) in [7, 11) is 3.17. The fourth-order valence-electron chi connectivity index (χ4n) is 2.29. The van der Waals surface area contributed by atoms with Crippen molar-refractivity contribution >= 4 is 22.5 Å². The highest BCUT2D eigenvalue weighted by molar-refractivity contribution is 7.14. The Morgan fingerprint density at radius 2 is 2.12 bits per heavy atom. The van der Waals surface area contributed by atoms with E-state index in [1.54, 1.807) is 32.7 Å². The monoisotopic (exact) mass is 370 g/mol. The Morgan fingerprint density at radius 1 is 1.23 bits per heavy atom. The molecule has 2 N–H and O–H groups in total. The molecule has 2 heterocycles. The number of carbonyl (C=O) groups is 1. The van der Waals surface area contributed by atoms with Crippen molar-refractivity contribution in [2.24, 2.45) is 0 Å². The Morgan fingerprint density at radius 3 is 2.85 bits per heavy atom. The molecule has 134 valence electrons. The van der Waals surface area contributed by atoms with Gasteiger partial charge in [0.05, 0.1) is 19.9 Å². The Balaban J connectivity index is 1.59. The summed E-state index contributed by atoms with van der Waals surface area (Å²) in [5.41, 5.74) is 2.52. The van der Waals surface area contributed by atoms with Crippen LogP contribution in [0.15, 0.2) is 48.1 Å². The molecule has 2 aromatic heterocycles. The zero-order chi connectivity index (χ0) is 18.4. The van der Waals surface area contributed by atoms with Crippen LogP contribution in [0.3, 0.4) is 0 Å². The van der Waals surface area contributed by atoms with Crippen LogP contribution in [-0.4, -0.2) is 30.2 Å². The van der Waals surface area contributed by atoms with E-state index in [9.17, 15) is 4.79 Å². The van der Waals surface area contributed by atoms with Crippen molar-refractivity contribution in [1.82, 2.24) is 15.3 Å². The Hall–Kier alpha value is -3.13. The normalized spacial score (nSPS) is 10.2. The van der Waals surface area contributed by atoms with Crippen LogP contribution in [-0.2, 0) is 6.54 Å². The van der Waals surface area contributed by atoms with Gasteiger partial charge in [-0.15, -0.1) is 11.3 Å². The maximum Gasteiger partial charge on any atom is 0.321 e. The Kier molecular flexibility index (Phi) is 5.65. The highest BCUT2D eigenvalue weighted by Crippen LogP contribution is 2.25. The average molecular weight is 370 g/mol. The number of pyridine rings is 1. The van der Waals surface area contributed by atoms with Crippen molar-refractivity contribution in [3.63, 3.8) is 0 Å². The van der Waals surface area contributed by atoms with Crippen LogP contribution in [0.5, 0.6) is 11.5 Å². The van der Waals surface area contributed by atoms with Crippen molar-refractivity contribution in [1.29, 1.82) is 0 Å². The van der Waals surface area contributed by atoms with Crippen molar-refractivity contribution in [2.75, 3.05) is 19.5 Å². The van der Waals surface area contributed by atoms with Gasteiger partial charge in [-0.05, 0) is 24.3 Å². The van der Waals surface area contributed by atoms with Gasteiger partial charge in [-0.3, -0.25) is 10.3 Å². The molecule has 0 radical (unpaired) electrons. The number of amides is 2. The van der Waals surface area contributed by atoms with Gasteiger partial charge < -0.3 is 14.8 Å². The van der Waals surface area contributed by atoms with Gasteiger partial charge in [0.15, 0.2) is 5.13 Å². The molecule has 0 aliphatic carbocycles. The largest absolute Gasteiger partial charge is 0.497 e. The van der Waals surface area contributed by atoms with Crippen molar-refractivity contribution in [3.05, 3.63) is 53.7 Å². The minimum Gasteiger partial charge on any atom is -0.497 e. The molecule has 8 heteroatoms. The van der Waals surface area contributed by atoms with E-state index < -0.39 is 0 Å². The van der Waals surface area contributed by atoms with Crippen LogP contribution in [0.1, 0.15) is 5.56 Å². The van der Waals surface area contributed by atoms with E-state index in [-0.39, 0.29) is 6.03 Å². The number of carbonyl (C=O) groups excluding carboxylic acids is 1. The molecular weight excluding hydrogens is 352 g/mol. The van der Waals surface area contributed by atoms with Gasteiger partial charge in [0.25, 0.3) is 0 Å². The molecular formula is C18H18N4O3S. The fourth-order valence-corrected chi connectivity index (χ4v) is 3.01. The summed E-state index contributed by atoms with van der Waals surface area (Å²) >= 11 is 1.35. The summed E-state index contributed by atoms with van der Waals surface area (Å²) in [5.74, 6) is 1.35. The molecule has 0 aliphatic heterocycles.